The quantitative estimate of drug-likeness (QED) is 0.697. The number of hydrogen-bond acceptors (Lipinski definition) is 6. The van der Waals surface area contributed by atoms with Gasteiger partial charge in [-0.1, -0.05) is 0 Å². The molecular weight excluding hydrogens is 445 g/mol. The van der Waals surface area contributed by atoms with E-state index >= 15 is 0 Å². The molecule has 4 aliphatic rings. The summed E-state index contributed by atoms with van der Waals surface area (Å²) in [7, 11) is 0. The van der Waals surface area contributed by atoms with Crippen molar-refractivity contribution in [3.05, 3.63) is 29.8 Å². The third-order valence-electron chi connectivity index (χ3n) is 6.46. The molecule has 0 bridgehead atoms. The fourth-order valence-electron chi connectivity index (χ4n) is 4.99. The monoisotopic (exact) mass is 472 g/mol. The highest BCUT2D eigenvalue weighted by molar-refractivity contribution is 5.89. The van der Waals surface area contributed by atoms with Crippen molar-refractivity contribution in [1.82, 2.24) is 5.32 Å². The number of nitrogens with one attached hydrogen (secondary N) is 2. The van der Waals surface area contributed by atoms with Gasteiger partial charge in [0, 0.05) is 18.5 Å². The number of amides is 2. The maximum atomic E-state index is 12.8. The first-order valence-electron chi connectivity index (χ1n) is 11.1. The number of ether oxygens (including phenoxy) is 5. The lowest BCUT2D eigenvalue weighted by molar-refractivity contribution is -0.226. The zero-order valence-corrected chi connectivity index (χ0v) is 18.3. The van der Waals surface area contributed by atoms with Gasteiger partial charge in [0.1, 0.15) is 18.3 Å². The zero-order valence-electron chi connectivity index (χ0n) is 18.3. The van der Waals surface area contributed by atoms with E-state index in [0.29, 0.717) is 6.61 Å². The van der Waals surface area contributed by atoms with Crippen LogP contribution in [0.3, 0.4) is 0 Å². The third-order valence-corrected chi connectivity index (χ3v) is 6.46. The van der Waals surface area contributed by atoms with E-state index in [-0.39, 0.29) is 5.69 Å². The lowest BCUT2D eigenvalue weighted by atomic mass is 10.0. The molecule has 4 fully saturated rings. The maximum absolute atomic E-state index is 12.8. The van der Waals surface area contributed by atoms with Crippen molar-refractivity contribution < 1.29 is 41.7 Å². The molecule has 8 nitrogen and oxygen atoms in total. The smallest absolute Gasteiger partial charge is 0.347 e. The van der Waals surface area contributed by atoms with Crippen molar-refractivity contribution in [3.63, 3.8) is 0 Å². The predicted octanol–water partition coefficient (Wildman–Crippen LogP) is 3.76. The van der Waals surface area contributed by atoms with E-state index in [1.165, 1.54) is 12.1 Å². The van der Waals surface area contributed by atoms with E-state index in [4.69, 9.17) is 23.7 Å². The van der Waals surface area contributed by atoms with Crippen LogP contribution in [-0.4, -0.2) is 54.9 Å². The number of carbonyl (C=O) groups is 1. The van der Waals surface area contributed by atoms with Gasteiger partial charge >= 0.3 is 12.2 Å². The molecule has 5 rings (SSSR count). The van der Waals surface area contributed by atoms with Crippen molar-refractivity contribution >= 4 is 11.7 Å². The van der Waals surface area contributed by atoms with Gasteiger partial charge in [-0.2, -0.15) is 13.2 Å². The molecule has 3 saturated heterocycles. The molecule has 5 atom stereocenters. The molecule has 3 heterocycles. The van der Waals surface area contributed by atoms with Gasteiger partial charge in [0.2, 0.25) is 0 Å². The summed E-state index contributed by atoms with van der Waals surface area (Å²) in [6.45, 7) is 3.84. The Balaban J connectivity index is 1.28. The molecule has 1 aliphatic carbocycles. The number of halogens is 3. The molecule has 2 N–H and O–H groups in total. The average molecular weight is 472 g/mol. The summed E-state index contributed by atoms with van der Waals surface area (Å²) in [6, 6.07) is 3.00. The second-order valence-corrected chi connectivity index (χ2v) is 9.35. The molecule has 1 aromatic rings. The molecular formula is C22H27F3N2O6. The predicted molar refractivity (Wildman–Crippen MR) is 108 cm³/mol. The highest BCUT2D eigenvalue weighted by atomic mass is 19.4. The lowest BCUT2D eigenvalue weighted by Gasteiger charge is -2.30. The van der Waals surface area contributed by atoms with E-state index in [1.54, 1.807) is 13.8 Å². The van der Waals surface area contributed by atoms with E-state index in [9.17, 15) is 18.0 Å². The Morgan fingerprint density at radius 1 is 1.03 bits per heavy atom. The highest BCUT2D eigenvalue weighted by Crippen LogP contribution is 2.44. The van der Waals surface area contributed by atoms with Crippen LogP contribution in [0, 0.1) is 0 Å². The molecule has 0 aromatic heterocycles. The summed E-state index contributed by atoms with van der Waals surface area (Å²) >= 11 is 0. The summed E-state index contributed by atoms with van der Waals surface area (Å²) < 4.78 is 68.5. The normalized spacial score (nSPS) is 34.5. The number of urea groups is 1. The van der Waals surface area contributed by atoms with Crippen molar-refractivity contribution in [2.75, 3.05) is 11.9 Å². The first-order valence-corrected chi connectivity index (χ1v) is 11.1. The van der Waals surface area contributed by atoms with Crippen LogP contribution in [0.2, 0.25) is 0 Å². The van der Waals surface area contributed by atoms with Crippen LogP contribution >= 0.6 is 0 Å². The molecule has 0 unspecified atom stereocenters. The first kappa shape index (κ1) is 22.9. The van der Waals surface area contributed by atoms with Crippen molar-refractivity contribution in [3.8, 4) is 0 Å². The van der Waals surface area contributed by atoms with Crippen LogP contribution in [0.25, 0.3) is 0 Å². The molecule has 2 amide bonds. The van der Waals surface area contributed by atoms with Crippen molar-refractivity contribution in [1.29, 1.82) is 0 Å². The fourth-order valence-corrected chi connectivity index (χ4v) is 4.99. The van der Waals surface area contributed by atoms with Crippen LogP contribution in [0.5, 0.6) is 0 Å². The minimum Gasteiger partial charge on any atom is -0.347 e. The number of anilines is 1. The molecule has 1 aromatic carbocycles. The van der Waals surface area contributed by atoms with Crippen molar-refractivity contribution in [2.24, 2.45) is 0 Å². The van der Waals surface area contributed by atoms with Gasteiger partial charge in [0.05, 0.1) is 18.2 Å². The maximum Gasteiger partial charge on any atom is 0.416 e. The average Bonchev–Trinajstić information content (AvgIpc) is 3.48. The van der Waals surface area contributed by atoms with Crippen LogP contribution in [-0.2, 0) is 29.9 Å². The number of benzene rings is 1. The first-order chi connectivity index (χ1) is 15.5. The van der Waals surface area contributed by atoms with Crippen LogP contribution in [0.4, 0.5) is 23.7 Å². The van der Waals surface area contributed by atoms with E-state index < -0.39 is 60.0 Å². The fraction of sp³-hybridized carbons (Fsp3) is 0.682. The second-order valence-electron chi connectivity index (χ2n) is 9.35. The molecule has 1 spiro atoms. The number of rotatable bonds is 3. The summed E-state index contributed by atoms with van der Waals surface area (Å²) in [6.07, 6.45) is -3.02. The van der Waals surface area contributed by atoms with Crippen LogP contribution in [0.15, 0.2) is 24.3 Å². The molecule has 3 aliphatic heterocycles. The Hall–Kier alpha value is -1.92. The van der Waals surface area contributed by atoms with Crippen molar-refractivity contribution in [2.45, 2.75) is 87.9 Å². The van der Waals surface area contributed by atoms with Gasteiger partial charge in [-0.05, 0) is 51.0 Å². The molecule has 11 heteroatoms. The Morgan fingerprint density at radius 2 is 1.73 bits per heavy atom. The third kappa shape index (κ3) is 4.57. The molecule has 182 valence electrons. The minimum atomic E-state index is -4.45. The highest BCUT2D eigenvalue weighted by Gasteiger charge is 2.59. The van der Waals surface area contributed by atoms with Crippen LogP contribution < -0.4 is 10.6 Å². The molecule has 33 heavy (non-hydrogen) atoms. The van der Waals surface area contributed by atoms with Gasteiger partial charge in [0.15, 0.2) is 17.9 Å². The van der Waals surface area contributed by atoms with Gasteiger partial charge in [-0.15, -0.1) is 0 Å². The number of hydrogen-bond donors (Lipinski definition) is 2. The second kappa shape index (κ2) is 8.09. The van der Waals surface area contributed by atoms with Gasteiger partial charge in [-0.3, -0.25) is 0 Å². The zero-order chi connectivity index (χ0) is 23.4. The lowest BCUT2D eigenvalue weighted by Crippen LogP contribution is -2.53. The summed E-state index contributed by atoms with van der Waals surface area (Å²) in [5.74, 6) is -1.48. The molecule has 1 saturated carbocycles. The summed E-state index contributed by atoms with van der Waals surface area (Å²) in [5, 5.41) is 5.42. The van der Waals surface area contributed by atoms with E-state index in [2.05, 4.69) is 10.6 Å². The summed E-state index contributed by atoms with van der Waals surface area (Å²) in [5.41, 5.74) is -0.569. The van der Waals surface area contributed by atoms with E-state index in [0.717, 1.165) is 37.8 Å². The van der Waals surface area contributed by atoms with Gasteiger partial charge in [-0.25, -0.2) is 4.79 Å². The van der Waals surface area contributed by atoms with Crippen LogP contribution in [0.1, 0.15) is 45.1 Å². The Labute approximate surface area is 189 Å². The van der Waals surface area contributed by atoms with E-state index in [1.807, 2.05) is 0 Å². The number of carbonyl (C=O) groups excluding carboxylic acids is 1. The molecule has 0 radical (unpaired) electrons. The van der Waals surface area contributed by atoms with Gasteiger partial charge in [0.25, 0.3) is 0 Å². The largest absolute Gasteiger partial charge is 0.416 e. The Bertz CT molecular complexity index is 887. The Kier molecular flexibility index (Phi) is 5.60. The Morgan fingerprint density at radius 3 is 2.39 bits per heavy atom. The summed E-state index contributed by atoms with van der Waals surface area (Å²) in [4.78, 5) is 12.7. The topological polar surface area (TPSA) is 87.3 Å². The van der Waals surface area contributed by atoms with Gasteiger partial charge < -0.3 is 34.3 Å². The number of fused-ring (bicyclic) bond motifs is 1. The SMILES string of the molecule is CC1(C)O[C@H]2O[C@H]([C@H]3COC4(CCCC4)O3)[C@@H](NC(=O)Nc3ccc(C(F)(F)F)cc3)[C@H]2O1. The number of alkyl halides is 3. The minimum absolute atomic E-state index is 0.224. The standard InChI is InChI=1S/C22H27F3N2O6/c1-20(2)32-17-15(27-19(28)26-13-7-5-12(6-8-13)22(23,24)25)16(30-18(17)33-20)14-11-29-21(31-14)9-3-4-10-21/h5-8,14-18H,3-4,9-11H2,1-2H3,(H2,26,27,28)/t14-,15-,16-,17-,18-/m1/s1.